The minimum absolute atomic E-state index is 0.0931. The lowest BCUT2D eigenvalue weighted by Gasteiger charge is -2.22. The maximum atomic E-state index is 2.47. The molecule has 3 aromatic carbocycles. The Bertz CT molecular complexity index is 844. The van der Waals surface area contributed by atoms with Gasteiger partial charge in [-0.15, -0.1) is 0 Å². The molecule has 0 bridgehead atoms. The molecule has 0 atom stereocenters. The molecule has 20 heavy (non-hydrogen) atoms. The van der Waals surface area contributed by atoms with Gasteiger partial charge in [-0.05, 0) is 61.7 Å². The van der Waals surface area contributed by atoms with Crippen molar-refractivity contribution in [3.05, 3.63) is 69.3 Å². The van der Waals surface area contributed by atoms with Crippen LogP contribution < -0.4 is 0 Å². The number of benzene rings is 3. The summed E-state index contributed by atoms with van der Waals surface area (Å²) in [6.07, 6.45) is 0. The van der Waals surface area contributed by atoms with Crippen LogP contribution in [-0.4, -0.2) is 0 Å². The van der Waals surface area contributed by atoms with Crippen LogP contribution in [0.2, 0.25) is 0 Å². The van der Waals surface area contributed by atoms with E-state index in [1.807, 2.05) is 0 Å². The van der Waals surface area contributed by atoms with Gasteiger partial charge in [0.2, 0.25) is 0 Å². The van der Waals surface area contributed by atoms with Gasteiger partial charge in [0.25, 0.3) is 0 Å². The Morgan fingerprint density at radius 3 is 2.25 bits per heavy atom. The first kappa shape index (κ1) is 12.4. The molecule has 0 aliphatic heterocycles. The van der Waals surface area contributed by atoms with E-state index in [1.165, 1.54) is 36.6 Å². The third-order valence-corrected chi connectivity index (χ3v) is 5.43. The molecule has 98 valence electrons. The summed E-state index contributed by atoms with van der Waals surface area (Å²) in [7, 11) is 0. The molecule has 0 fully saturated rings. The summed E-state index contributed by atoms with van der Waals surface area (Å²) in [5.41, 5.74) is 5.83. The second kappa shape index (κ2) is 4.08. The van der Waals surface area contributed by atoms with Crippen LogP contribution in [0.15, 0.2) is 54.6 Å². The monoisotopic (exact) mass is 370 g/mol. The van der Waals surface area contributed by atoms with Gasteiger partial charge in [-0.25, -0.2) is 0 Å². The molecule has 0 spiro atoms. The van der Waals surface area contributed by atoms with Crippen molar-refractivity contribution in [1.82, 2.24) is 0 Å². The lowest BCUT2D eigenvalue weighted by Crippen LogP contribution is -2.15. The Hall–Kier alpha value is -1.35. The molecule has 3 aromatic rings. The Morgan fingerprint density at radius 2 is 1.45 bits per heavy atom. The van der Waals surface area contributed by atoms with Crippen LogP contribution in [0.4, 0.5) is 0 Å². The summed E-state index contributed by atoms with van der Waals surface area (Å²) >= 11 is 2.47. The zero-order chi connectivity index (χ0) is 13.9. The molecule has 0 saturated heterocycles. The van der Waals surface area contributed by atoms with Gasteiger partial charge >= 0.3 is 0 Å². The largest absolute Gasteiger partial charge is 0.0619 e. The number of rotatable bonds is 0. The van der Waals surface area contributed by atoms with E-state index in [-0.39, 0.29) is 5.41 Å². The van der Waals surface area contributed by atoms with Crippen LogP contribution in [-0.2, 0) is 5.41 Å². The molecule has 0 N–H and O–H groups in total. The molecule has 0 saturated carbocycles. The fraction of sp³-hybridized carbons (Fsp3) is 0.158. The molecule has 0 aromatic heterocycles. The molecule has 1 aliphatic carbocycles. The number of fused-ring (bicyclic) bond motifs is 5. The van der Waals surface area contributed by atoms with Gasteiger partial charge in [-0.2, -0.15) is 0 Å². The summed E-state index contributed by atoms with van der Waals surface area (Å²) in [5, 5.41) is 2.74. The third kappa shape index (κ3) is 1.47. The summed E-state index contributed by atoms with van der Waals surface area (Å²) in [4.78, 5) is 0. The molecule has 0 radical (unpaired) electrons. The van der Waals surface area contributed by atoms with Crippen LogP contribution in [0.25, 0.3) is 21.9 Å². The second-order valence-electron chi connectivity index (χ2n) is 6.00. The predicted molar refractivity (Wildman–Crippen MR) is 94.2 cm³/mol. The lowest BCUT2D eigenvalue weighted by molar-refractivity contribution is 0.660. The van der Waals surface area contributed by atoms with Gasteiger partial charge in [-0.1, -0.05) is 62.4 Å². The Morgan fingerprint density at radius 1 is 0.800 bits per heavy atom. The number of hydrogen-bond donors (Lipinski definition) is 0. The van der Waals surface area contributed by atoms with Crippen molar-refractivity contribution in [2.75, 3.05) is 0 Å². The van der Waals surface area contributed by atoms with Crippen molar-refractivity contribution >= 4 is 33.4 Å². The highest BCUT2D eigenvalue weighted by Gasteiger charge is 2.36. The fourth-order valence-electron chi connectivity index (χ4n) is 3.51. The van der Waals surface area contributed by atoms with Crippen LogP contribution in [0.5, 0.6) is 0 Å². The molecular weight excluding hydrogens is 355 g/mol. The van der Waals surface area contributed by atoms with E-state index in [4.69, 9.17) is 0 Å². The molecule has 0 nitrogen and oxygen atoms in total. The first-order chi connectivity index (χ1) is 9.60. The Kier molecular flexibility index (Phi) is 2.53. The normalized spacial score (nSPS) is 15.2. The summed E-state index contributed by atoms with van der Waals surface area (Å²) in [6.45, 7) is 4.67. The minimum Gasteiger partial charge on any atom is -0.0619 e. The van der Waals surface area contributed by atoms with Gasteiger partial charge in [0, 0.05) is 8.99 Å². The van der Waals surface area contributed by atoms with Crippen molar-refractivity contribution in [1.29, 1.82) is 0 Å². The molecule has 0 unspecified atom stereocenters. The lowest BCUT2D eigenvalue weighted by atomic mass is 9.82. The average Bonchev–Trinajstić information content (AvgIpc) is 2.69. The molecular formula is C19H15I. The van der Waals surface area contributed by atoms with Crippen molar-refractivity contribution in [3.8, 4) is 11.1 Å². The summed E-state index contributed by atoms with van der Waals surface area (Å²) < 4.78 is 1.35. The molecule has 1 aliphatic rings. The van der Waals surface area contributed by atoms with Crippen LogP contribution in [0, 0.1) is 3.57 Å². The first-order valence-corrected chi connectivity index (χ1v) is 8.00. The van der Waals surface area contributed by atoms with Crippen molar-refractivity contribution in [3.63, 3.8) is 0 Å². The highest BCUT2D eigenvalue weighted by atomic mass is 127. The van der Waals surface area contributed by atoms with Crippen molar-refractivity contribution in [2.45, 2.75) is 19.3 Å². The van der Waals surface area contributed by atoms with E-state index in [0.717, 1.165) is 0 Å². The topological polar surface area (TPSA) is 0 Å². The van der Waals surface area contributed by atoms with E-state index in [0.29, 0.717) is 0 Å². The summed E-state index contributed by atoms with van der Waals surface area (Å²) in [6, 6.07) is 20.0. The predicted octanol–water partition coefficient (Wildman–Crippen LogP) is 5.75. The molecule has 0 heterocycles. The van der Waals surface area contributed by atoms with E-state index in [1.54, 1.807) is 0 Å². The molecule has 1 heteroatoms. The summed E-state index contributed by atoms with van der Waals surface area (Å²) in [5.74, 6) is 0. The van der Waals surface area contributed by atoms with Crippen LogP contribution in [0.1, 0.15) is 25.0 Å². The highest BCUT2D eigenvalue weighted by Crippen LogP contribution is 2.51. The van der Waals surface area contributed by atoms with Crippen LogP contribution >= 0.6 is 22.6 Å². The zero-order valence-electron chi connectivity index (χ0n) is 11.6. The Labute approximate surface area is 133 Å². The molecule has 0 amide bonds. The van der Waals surface area contributed by atoms with E-state index >= 15 is 0 Å². The van der Waals surface area contributed by atoms with Gasteiger partial charge in [0.1, 0.15) is 0 Å². The number of halogens is 1. The van der Waals surface area contributed by atoms with Gasteiger partial charge in [-0.3, -0.25) is 0 Å². The minimum atomic E-state index is 0.0931. The zero-order valence-corrected chi connectivity index (χ0v) is 13.7. The van der Waals surface area contributed by atoms with Crippen molar-refractivity contribution in [2.24, 2.45) is 0 Å². The second-order valence-corrected chi connectivity index (χ2v) is 7.16. The third-order valence-electron chi connectivity index (χ3n) is 4.54. The molecule has 4 rings (SSSR count). The number of hydrogen-bond acceptors (Lipinski definition) is 0. The van der Waals surface area contributed by atoms with Crippen LogP contribution in [0.3, 0.4) is 0 Å². The van der Waals surface area contributed by atoms with E-state index in [9.17, 15) is 0 Å². The Balaban J connectivity index is 2.25. The maximum Gasteiger partial charge on any atom is 0.0212 e. The maximum absolute atomic E-state index is 2.47. The van der Waals surface area contributed by atoms with E-state index < -0.39 is 0 Å². The van der Waals surface area contributed by atoms with Gasteiger partial charge < -0.3 is 0 Å². The van der Waals surface area contributed by atoms with E-state index in [2.05, 4.69) is 91.0 Å². The van der Waals surface area contributed by atoms with Crippen molar-refractivity contribution < 1.29 is 0 Å². The quantitative estimate of drug-likeness (QED) is 0.442. The fourth-order valence-corrected chi connectivity index (χ4v) is 4.29. The highest BCUT2D eigenvalue weighted by molar-refractivity contribution is 14.1. The SMILES string of the molecule is CC1(C)c2ccccc2-c2c1cc(I)c1ccccc21. The smallest absolute Gasteiger partial charge is 0.0212 e. The van der Waals surface area contributed by atoms with Gasteiger partial charge in [0.05, 0.1) is 0 Å². The first-order valence-electron chi connectivity index (χ1n) is 6.92. The standard InChI is InChI=1S/C19H15I/c1-19(2)15-10-6-5-9-14(15)18-13-8-4-3-7-12(13)17(20)11-16(18)19/h3-11H,1-2H3. The van der Waals surface area contributed by atoms with Gasteiger partial charge in [0.15, 0.2) is 0 Å². The average molecular weight is 370 g/mol.